The van der Waals surface area contributed by atoms with Crippen LogP contribution in [0.15, 0.2) is 17.5 Å². The molecule has 1 saturated heterocycles. The van der Waals surface area contributed by atoms with E-state index in [1.807, 2.05) is 13.0 Å². The lowest BCUT2D eigenvalue weighted by atomic mass is 10.2. The molecule has 0 amide bonds. The molecule has 2 aromatic heterocycles. The van der Waals surface area contributed by atoms with Crippen LogP contribution in [0.3, 0.4) is 0 Å². The van der Waals surface area contributed by atoms with Crippen LogP contribution in [0.5, 0.6) is 5.88 Å². The van der Waals surface area contributed by atoms with Gasteiger partial charge in [0, 0.05) is 17.7 Å². The van der Waals surface area contributed by atoms with Crippen molar-refractivity contribution in [2.24, 2.45) is 0 Å². The lowest BCUT2D eigenvalue weighted by Gasteiger charge is -2.29. The Hall–Kier alpha value is -1.66. The van der Waals surface area contributed by atoms with Crippen LogP contribution in [0.1, 0.15) is 35.3 Å². The summed E-state index contributed by atoms with van der Waals surface area (Å²) in [6.45, 7) is 5.18. The predicted molar refractivity (Wildman–Crippen MR) is 85.6 cm³/mol. The minimum Gasteiger partial charge on any atom is -0.474 e. The van der Waals surface area contributed by atoms with Crippen LogP contribution >= 0.6 is 11.3 Å². The number of rotatable bonds is 3. The Morgan fingerprint density at radius 3 is 3.14 bits per heavy atom. The highest BCUT2D eigenvalue weighted by molar-refractivity contribution is 7.09. The van der Waals surface area contributed by atoms with Gasteiger partial charge in [-0.2, -0.15) is 0 Å². The Morgan fingerprint density at radius 2 is 2.27 bits per heavy atom. The van der Waals surface area contributed by atoms with E-state index in [1.54, 1.807) is 11.3 Å². The molecule has 0 aliphatic carbocycles. The van der Waals surface area contributed by atoms with E-state index >= 15 is 0 Å². The van der Waals surface area contributed by atoms with Gasteiger partial charge < -0.3 is 14.4 Å². The van der Waals surface area contributed by atoms with Crippen LogP contribution in [0, 0.1) is 6.92 Å². The number of hydrogen-bond donors (Lipinski definition) is 0. The molecule has 0 saturated carbocycles. The summed E-state index contributed by atoms with van der Waals surface area (Å²) in [5, 5.41) is 3.26. The first kappa shape index (κ1) is 14.0. The summed E-state index contributed by atoms with van der Waals surface area (Å²) in [7, 11) is 0. The van der Waals surface area contributed by atoms with Gasteiger partial charge in [-0.25, -0.2) is 9.97 Å². The lowest BCUT2D eigenvalue weighted by Crippen LogP contribution is -2.32. The van der Waals surface area contributed by atoms with E-state index < -0.39 is 0 Å². The molecule has 0 bridgehead atoms. The fraction of sp³-hybridized carbons (Fsp3) is 0.500. The SMILES string of the molecule is Cc1ccc2c(n1)OCCN2Cc1csc(C2CCCO2)n1. The van der Waals surface area contributed by atoms with Crippen molar-refractivity contribution in [1.82, 2.24) is 9.97 Å². The van der Waals surface area contributed by atoms with Crippen LogP contribution in [-0.4, -0.2) is 29.7 Å². The number of fused-ring (bicyclic) bond motifs is 1. The maximum atomic E-state index is 5.72. The zero-order valence-corrected chi connectivity index (χ0v) is 13.4. The second kappa shape index (κ2) is 5.85. The third-order valence-corrected chi connectivity index (χ3v) is 5.03. The summed E-state index contributed by atoms with van der Waals surface area (Å²) in [4.78, 5) is 11.5. The van der Waals surface area contributed by atoms with Gasteiger partial charge in [0.15, 0.2) is 0 Å². The largest absolute Gasteiger partial charge is 0.474 e. The summed E-state index contributed by atoms with van der Waals surface area (Å²) >= 11 is 1.71. The number of pyridine rings is 1. The highest BCUT2D eigenvalue weighted by Crippen LogP contribution is 2.33. The molecule has 4 rings (SSSR count). The summed E-state index contributed by atoms with van der Waals surface area (Å²) < 4.78 is 11.4. The Kier molecular flexibility index (Phi) is 3.72. The first-order valence-electron chi connectivity index (χ1n) is 7.71. The molecule has 5 nitrogen and oxygen atoms in total. The van der Waals surface area contributed by atoms with E-state index in [4.69, 9.17) is 14.5 Å². The normalized spacial score (nSPS) is 20.8. The van der Waals surface area contributed by atoms with Gasteiger partial charge in [-0.15, -0.1) is 11.3 Å². The summed E-state index contributed by atoms with van der Waals surface area (Å²) in [6, 6.07) is 4.11. The van der Waals surface area contributed by atoms with Gasteiger partial charge in [-0.3, -0.25) is 0 Å². The molecule has 2 aliphatic rings. The highest BCUT2D eigenvalue weighted by Gasteiger charge is 2.23. The van der Waals surface area contributed by atoms with Crippen molar-refractivity contribution >= 4 is 17.0 Å². The quantitative estimate of drug-likeness (QED) is 0.870. The van der Waals surface area contributed by atoms with Gasteiger partial charge in [0.2, 0.25) is 5.88 Å². The molecule has 0 N–H and O–H groups in total. The molecule has 0 spiro atoms. The zero-order valence-electron chi connectivity index (χ0n) is 12.6. The van der Waals surface area contributed by atoms with Crippen LogP contribution in [-0.2, 0) is 11.3 Å². The molecule has 4 heterocycles. The van der Waals surface area contributed by atoms with Crippen molar-refractivity contribution in [2.45, 2.75) is 32.4 Å². The van der Waals surface area contributed by atoms with Gasteiger partial charge in [0.1, 0.15) is 23.4 Å². The Labute approximate surface area is 133 Å². The van der Waals surface area contributed by atoms with Crippen LogP contribution in [0.25, 0.3) is 0 Å². The maximum absolute atomic E-state index is 5.72. The van der Waals surface area contributed by atoms with Gasteiger partial charge in [-0.1, -0.05) is 0 Å². The minimum absolute atomic E-state index is 0.208. The van der Waals surface area contributed by atoms with Crippen LogP contribution in [0.4, 0.5) is 5.69 Å². The van der Waals surface area contributed by atoms with Gasteiger partial charge >= 0.3 is 0 Å². The van der Waals surface area contributed by atoms with E-state index in [1.165, 1.54) is 0 Å². The number of nitrogens with zero attached hydrogens (tertiary/aromatic N) is 3. The van der Waals surface area contributed by atoms with Crippen LogP contribution < -0.4 is 9.64 Å². The molecule has 6 heteroatoms. The molecule has 2 aromatic rings. The van der Waals surface area contributed by atoms with E-state index in [0.29, 0.717) is 6.61 Å². The lowest BCUT2D eigenvalue weighted by molar-refractivity contribution is 0.111. The number of ether oxygens (including phenoxy) is 2. The standard InChI is InChI=1S/C16H19N3O2S/c1-11-4-5-13-15(17-11)21-8-6-19(13)9-12-10-22-16(18-12)14-3-2-7-20-14/h4-5,10,14H,2-3,6-9H2,1H3. The van der Waals surface area contributed by atoms with Gasteiger partial charge in [-0.05, 0) is 31.9 Å². The first-order chi connectivity index (χ1) is 10.8. The average Bonchev–Trinajstić information content (AvgIpc) is 3.18. The zero-order chi connectivity index (χ0) is 14.9. The maximum Gasteiger partial charge on any atom is 0.237 e. The molecule has 0 aromatic carbocycles. The average molecular weight is 317 g/mol. The molecular formula is C16H19N3O2S. The van der Waals surface area contributed by atoms with Crippen molar-refractivity contribution in [3.63, 3.8) is 0 Å². The Balaban J connectivity index is 1.52. The van der Waals surface area contributed by atoms with Crippen molar-refractivity contribution in [3.05, 3.63) is 33.9 Å². The second-order valence-corrected chi connectivity index (χ2v) is 6.62. The fourth-order valence-electron chi connectivity index (χ4n) is 2.92. The van der Waals surface area contributed by atoms with Crippen molar-refractivity contribution < 1.29 is 9.47 Å². The van der Waals surface area contributed by atoms with Crippen molar-refractivity contribution in [2.75, 3.05) is 24.7 Å². The summed E-state index contributed by atoms with van der Waals surface area (Å²) in [5.74, 6) is 0.737. The number of anilines is 1. The van der Waals surface area contributed by atoms with E-state index in [0.717, 1.165) is 60.5 Å². The Bertz CT molecular complexity index is 667. The highest BCUT2D eigenvalue weighted by atomic mass is 32.1. The first-order valence-corrected chi connectivity index (χ1v) is 8.59. The smallest absolute Gasteiger partial charge is 0.237 e. The molecule has 1 unspecified atom stereocenters. The number of aromatic nitrogens is 2. The number of hydrogen-bond acceptors (Lipinski definition) is 6. The van der Waals surface area contributed by atoms with Crippen molar-refractivity contribution in [1.29, 1.82) is 0 Å². The second-order valence-electron chi connectivity index (χ2n) is 5.73. The molecule has 116 valence electrons. The van der Waals surface area contributed by atoms with E-state index in [2.05, 4.69) is 21.3 Å². The Morgan fingerprint density at radius 1 is 1.32 bits per heavy atom. The predicted octanol–water partition coefficient (Wildman–Crippen LogP) is 3.10. The van der Waals surface area contributed by atoms with E-state index in [9.17, 15) is 0 Å². The summed E-state index contributed by atoms with van der Waals surface area (Å²) in [5.41, 5.74) is 3.14. The molecule has 22 heavy (non-hydrogen) atoms. The van der Waals surface area contributed by atoms with Gasteiger partial charge in [0.05, 0.1) is 18.8 Å². The molecule has 0 radical (unpaired) electrons. The molecular weight excluding hydrogens is 298 g/mol. The minimum atomic E-state index is 0.208. The fourth-order valence-corrected chi connectivity index (χ4v) is 3.81. The summed E-state index contributed by atoms with van der Waals surface area (Å²) in [6.07, 6.45) is 2.44. The molecule has 2 aliphatic heterocycles. The number of aryl methyl sites for hydroxylation is 1. The third kappa shape index (κ3) is 2.68. The molecule has 1 fully saturated rings. The van der Waals surface area contributed by atoms with Gasteiger partial charge in [0.25, 0.3) is 0 Å². The number of thiazole rings is 1. The monoisotopic (exact) mass is 317 g/mol. The van der Waals surface area contributed by atoms with Crippen molar-refractivity contribution in [3.8, 4) is 5.88 Å². The topological polar surface area (TPSA) is 47.5 Å². The van der Waals surface area contributed by atoms with E-state index in [-0.39, 0.29) is 6.10 Å². The molecule has 1 atom stereocenters. The van der Waals surface area contributed by atoms with Crippen LogP contribution in [0.2, 0.25) is 0 Å². The third-order valence-electron chi connectivity index (χ3n) is 4.05.